The second-order valence-corrected chi connectivity index (χ2v) is 7.91. The molecule has 0 atom stereocenters. The van der Waals surface area contributed by atoms with E-state index in [4.69, 9.17) is 0 Å². The average Bonchev–Trinajstić information content (AvgIpc) is 3.62. The summed E-state index contributed by atoms with van der Waals surface area (Å²) in [5.41, 5.74) is 5.54. The molecule has 1 aliphatic rings. The molecule has 0 unspecified atom stereocenters. The number of aromatic nitrogens is 4. The Kier molecular flexibility index (Phi) is 6.27. The summed E-state index contributed by atoms with van der Waals surface area (Å²) in [6.45, 7) is 4.01. The standard InChI is InChI=1S/C27H21N7O2/c1-2-26(35)29-20-11-9-18(10-12-20)25-17-34(33-32-25)22-6-3-5-21(15-22)30-27(36)24-8-4-7-23(31-24)19-13-14-28-16-19/h2-15,17H,1,16H2,(H,29,35)(H,30,36). The number of benzene rings is 2. The molecule has 9 nitrogen and oxygen atoms in total. The van der Waals surface area contributed by atoms with E-state index in [1.165, 1.54) is 6.08 Å². The topological polar surface area (TPSA) is 114 Å². The summed E-state index contributed by atoms with van der Waals surface area (Å²) < 4.78 is 1.63. The number of hydrogen-bond acceptors (Lipinski definition) is 6. The van der Waals surface area contributed by atoms with E-state index in [1.807, 2.05) is 48.5 Å². The highest BCUT2D eigenvalue weighted by Crippen LogP contribution is 2.22. The Balaban J connectivity index is 1.30. The molecule has 2 aromatic heterocycles. The third-order valence-electron chi connectivity index (χ3n) is 5.45. The van der Waals surface area contributed by atoms with Crippen LogP contribution in [0.4, 0.5) is 11.4 Å². The summed E-state index contributed by atoms with van der Waals surface area (Å²) >= 11 is 0. The summed E-state index contributed by atoms with van der Waals surface area (Å²) in [4.78, 5) is 32.9. The Bertz CT molecular complexity index is 1520. The maximum absolute atomic E-state index is 12.8. The number of pyridine rings is 1. The molecule has 2 amide bonds. The number of aliphatic imine (C=N–C) groups is 1. The second-order valence-electron chi connectivity index (χ2n) is 7.91. The van der Waals surface area contributed by atoms with Gasteiger partial charge in [0.05, 0.1) is 24.1 Å². The second kappa shape index (κ2) is 9.98. The number of anilines is 2. The van der Waals surface area contributed by atoms with Crippen LogP contribution < -0.4 is 10.6 Å². The summed E-state index contributed by atoms with van der Waals surface area (Å²) in [5, 5.41) is 14.1. The van der Waals surface area contributed by atoms with Gasteiger partial charge in [-0.2, -0.15) is 0 Å². The maximum Gasteiger partial charge on any atom is 0.274 e. The van der Waals surface area contributed by atoms with Crippen LogP contribution in [0.2, 0.25) is 0 Å². The largest absolute Gasteiger partial charge is 0.323 e. The van der Waals surface area contributed by atoms with E-state index < -0.39 is 0 Å². The first-order valence-corrected chi connectivity index (χ1v) is 11.1. The number of nitrogens with one attached hydrogen (secondary N) is 2. The van der Waals surface area contributed by atoms with Crippen molar-refractivity contribution in [2.24, 2.45) is 4.99 Å². The van der Waals surface area contributed by atoms with Gasteiger partial charge in [0.25, 0.3) is 5.91 Å². The predicted molar refractivity (Wildman–Crippen MR) is 139 cm³/mol. The third-order valence-corrected chi connectivity index (χ3v) is 5.45. The van der Waals surface area contributed by atoms with E-state index in [-0.39, 0.29) is 11.8 Å². The van der Waals surface area contributed by atoms with Crippen molar-refractivity contribution in [2.75, 3.05) is 17.2 Å². The van der Waals surface area contributed by atoms with Crippen LogP contribution in [-0.2, 0) is 4.79 Å². The van der Waals surface area contributed by atoms with Crippen LogP contribution in [0.25, 0.3) is 22.5 Å². The lowest BCUT2D eigenvalue weighted by Crippen LogP contribution is -2.14. The van der Waals surface area contributed by atoms with Gasteiger partial charge >= 0.3 is 0 Å². The normalized spacial score (nSPS) is 12.2. The first-order chi connectivity index (χ1) is 17.6. The van der Waals surface area contributed by atoms with Crippen molar-refractivity contribution < 1.29 is 9.59 Å². The monoisotopic (exact) mass is 475 g/mol. The van der Waals surface area contributed by atoms with Crippen LogP contribution in [0.5, 0.6) is 0 Å². The molecular weight excluding hydrogens is 454 g/mol. The molecule has 2 N–H and O–H groups in total. The van der Waals surface area contributed by atoms with E-state index in [2.05, 4.69) is 37.5 Å². The summed E-state index contributed by atoms with van der Waals surface area (Å²) in [6, 6.07) is 19.9. The number of hydrogen-bond donors (Lipinski definition) is 2. The molecular formula is C27H21N7O2. The number of carbonyl (C=O) groups excluding carboxylic acids is 2. The fourth-order valence-corrected chi connectivity index (χ4v) is 3.61. The van der Waals surface area contributed by atoms with E-state index >= 15 is 0 Å². The van der Waals surface area contributed by atoms with Gasteiger partial charge in [-0.15, -0.1) is 5.10 Å². The summed E-state index contributed by atoms with van der Waals surface area (Å²) in [6.07, 6.45) is 6.65. The summed E-state index contributed by atoms with van der Waals surface area (Å²) in [5.74, 6) is -0.582. The Hall–Kier alpha value is -5.18. The van der Waals surface area contributed by atoms with Crippen LogP contribution in [0, 0.1) is 0 Å². The molecule has 0 radical (unpaired) electrons. The van der Waals surface area contributed by atoms with Gasteiger partial charge in [0.15, 0.2) is 0 Å². The summed E-state index contributed by atoms with van der Waals surface area (Å²) in [7, 11) is 0. The van der Waals surface area contributed by atoms with Gasteiger partial charge in [0, 0.05) is 28.7 Å². The zero-order valence-electron chi connectivity index (χ0n) is 19.1. The zero-order valence-corrected chi connectivity index (χ0v) is 19.1. The molecule has 0 bridgehead atoms. The van der Waals surface area contributed by atoms with E-state index in [0.29, 0.717) is 29.3 Å². The highest BCUT2D eigenvalue weighted by molar-refractivity contribution is 6.03. The van der Waals surface area contributed by atoms with Crippen molar-refractivity contribution in [2.45, 2.75) is 0 Å². The van der Waals surface area contributed by atoms with Gasteiger partial charge in [-0.3, -0.25) is 14.6 Å². The lowest BCUT2D eigenvalue weighted by Gasteiger charge is -2.08. The molecule has 4 aromatic rings. The van der Waals surface area contributed by atoms with Crippen molar-refractivity contribution in [3.05, 3.63) is 103 Å². The molecule has 0 saturated heterocycles. The number of nitrogens with zero attached hydrogens (tertiary/aromatic N) is 5. The lowest BCUT2D eigenvalue weighted by molar-refractivity contribution is -0.111. The molecule has 1 aliphatic heterocycles. The van der Waals surface area contributed by atoms with Gasteiger partial charge in [-0.05, 0) is 54.6 Å². The Morgan fingerprint density at radius 2 is 1.78 bits per heavy atom. The third kappa shape index (κ3) is 5.00. The zero-order chi connectivity index (χ0) is 24.9. The molecule has 0 aliphatic carbocycles. The number of amides is 2. The molecule has 36 heavy (non-hydrogen) atoms. The Labute approximate surface area is 206 Å². The number of allylic oxidation sites excluding steroid dienone is 1. The quantitative estimate of drug-likeness (QED) is 0.389. The van der Waals surface area contributed by atoms with Gasteiger partial charge in [-0.1, -0.05) is 36.1 Å². The number of carbonyl (C=O) groups is 2. The van der Waals surface area contributed by atoms with Gasteiger partial charge in [-0.25, -0.2) is 9.67 Å². The van der Waals surface area contributed by atoms with Crippen LogP contribution >= 0.6 is 0 Å². The molecule has 3 heterocycles. The predicted octanol–water partition coefficient (Wildman–Crippen LogP) is 4.17. The minimum Gasteiger partial charge on any atom is -0.323 e. The fraction of sp³-hybridized carbons (Fsp3) is 0.0370. The number of rotatable bonds is 7. The molecule has 176 valence electrons. The molecule has 9 heteroatoms. The highest BCUT2D eigenvalue weighted by atomic mass is 16.2. The van der Waals surface area contributed by atoms with E-state index in [0.717, 1.165) is 22.5 Å². The van der Waals surface area contributed by atoms with Gasteiger partial charge < -0.3 is 10.6 Å². The van der Waals surface area contributed by atoms with Crippen LogP contribution in [0.3, 0.4) is 0 Å². The smallest absolute Gasteiger partial charge is 0.274 e. The molecule has 0 spiro atoms. The highest BCUT2D eigenvalue weighted by Gasteiger charge is 2.13. The molecule has 5 rings (SSSR count). The molecule has 2 aromatic carbocycles. The van der Waals surface area contributed by atoms with Crippen molar-refractivity contribution in [1.29, 1.82) is 0 Å². The minimum atomic E-state index is -0.309. The van der Waals surface area contributed by atoms with Crippen LogP contribution in [0.15, 0.2) is 96.7 Å². The Morgan fingerprint density at radius 3 is 2.56 bits per heavy atom. The molecule has 0 saturated carbocycles. The first kappa shape index (κ1) is 22.6. The average molecular weight is 476 g/mol. The maximum atomic E-state index is 12.8. The Morgan fingerprint density at radius 1 is 0.944 bits per heavy atom. The molecule has 0 fully saturated rings. The lowest BCUT2D eigenvalue weighted by atomic mass is 10.1. The van der Waals surface area contributed by atoms with Crippen molar-refractivity contribution in [3.8, 4) is 16.9 Å². The van der Waals surface area contributed by atoms with Gasteiger partial charge in [0.2, 0.25) is 5.91 Å². The van der Waals surface area contributed by atoms with Crippen LogP contribution in [-0.4, -0.2) is 44.6 Å². The fourth-order valence-electron chi connectivity index (χ4n) is 3.61. The van der Waals surface area contributed by atoms with Crippen molar-refractivity contribution in [3.63, 3.8) is 0 Å². The van der Waals surface area contributed by atoms with E-state index in [1.54, 1.807) is 41.4 Å². The SMILES string of the molecule is C=CC(=O)Nc1ccc(-c2cn(-c3cccc(NC(=O)c4cccc(C5=CC=NC5)n4)c3)nn2)cc1. The van der Waals surface area contributed by atoms with Crippen molar-refractivity contribution >= 4 is 35.0 Å². The van der Waals surface area contributed by atoms with Crippen molar-refractivity contribution in [1.82, 2.24) is 20.0 Å². The first-order valence-electron chi connectivity index (χ1n) is 11.1. The van der Waals surface area contributed by atoms with Crippen LogP contribution in [0.1, 0.15) is 16.2 Å². The van der Waals surface area contributed by atoms with E-state index in [9.17, 15) is 9.59 Å². The van der Waals surface area contributed by atoms with Gasteiger partial charge in [0.1, 0.15) is 11.4 Å². The minimum absolute atomic E-state index is 0.273.